The molecule has 2 aliphatic heterocycles. The number of benzene rings is 1. The van der Waals surface area contributed by atoms with Crippen LogP contribution < -0.4 is 5.32 Å². The summed E-state index contributed by atoms with van der Waals surface area (Å²) in [4.78, 5) is 16.2. The highest BCUT2D eigenvalue weighted by Crippen LogP contribution is 2.23. The first-order valence-corrected chi connectivity index (χ1v) is 8.14. The number of carbonyl (C=O) groups excluding carboxylic acids is 1. The number of hydrogen-bond donors (Lipinski definition) is 2. The van der Waals surface area contributed by atoms with E-state index in [1.54, 1.807) is 23.1 Å². The fourth-order valence-electron chi connectivity index (χ4n) is 3.25. The van der Waals surface area contributed by atoms with E-state index in [1.165, 1.54) is 0 Å². The van der Waals surface area contributed by atoms with Crippen LogP contribution in [0.5, 0.6) is 0 Å². The fourth-order valence-corrected chi connectivity index (χ4v) is 3.48. The monoisotopic (exact) mass is 334 g/mol. The third-order valence-corrected chi connectivity index (χ3v) is 4.81. The van der Waals surface area contributed by atoms with Crippen LogP contribution in [-0.2, 0) is 0 Å². The van der Waals surface area contributed by atoms with Crippen LogP contribution in [0.3, 0.4) is 0 Å². The highest BCUT2D eigenvalue weighted by molar-refractivity contribution is 6.32. The van der Waals surface area contributed by atoms with Crippen molar-refractivity contribution in [1.82, 2.24) is 9.80 Å². The van der Waals surface area contributed by atoms with Gasteiger partial charge in [-0.2, -0.15) is 5.26 Å². The van der Waals surface area contributed by atoms with Gasteiger partial charge in [-0.05, 0) is 44.1 Å². The number of nitrogens with zero attached hydrogens (tertiary/aromatic N) is 3. The minimum atomic E-state index is -0.511. The molecule has 2 amide bonds. The van der Waals surface area contributed by atoms with E-state index in [1.807, 2.05) is 6.07 Å². The second-order valence-corrected chi connectivity index (χ2v) is 6.43. The summed E-state index contributed by atoms with van der Waals surface area (Å²) in [5.74, 6) is 0. The van der Waals surface area contributed by atoms with Crippen molar-refractivity contribution in [2.24, 2.45) is 0 Å². The fraction of sp³-hybridized carbons (Fsp3) is 0.500. The SMILES string of the molecule is N#Cc1ccc(NC(=O)N2C[C@@H](N3CCCC3)[C@@H](O)C2)cc1Cl. The third kappa shape index (κ3) is 3.42. The van der Waals surface area contributed by atoms with E-state index >= 15 is 0 Å². The Hall–Kier alpha value is -1.81. The zero-order chi connectivity index (χ0) is 16.4. The lowest BCUT2D eigenvalue weighted by Gasteiger charge is -2.25. The molecule has 2 saturated heterocycles. The molecule has 0 unspecified atom stereocenters. The number of hydrogen-bond acceptors (Lipinski definition) is 4. The third-order valence-electron chi connectivity index (χ3n) is 4.50. The number of nitrogens with one attached hydrogen (secondary N) is 1. The minimum absolute atomic E-state index is 0.0211. The largest absolute Gasteiger partial charge is 0.390 e. The number of anilines is 1. The van der Waals surface area contributed by atoms with Crippen molar-refractivity contribution in [1.29, 1.82) is 5.26 Å². The number of rotatable bonds is 2. The number of aliphatic hydroxyl groups is 1. The van der Waals surface area contributed by atoms with E-state index in [2.05, 4.69) is 10.2 Å². The Morgan fingerprint density at radius 2 is 2.09 bits per heavy atom. The van der Waals surface area contributed by atoms with Gasteiger partial charge in [0, 0.05) is 12.2 Å². The van der Waals surface area contributed by atoms with Gasteiger partial charge in [0.1, 0.15) is 6.07 Å². The van der Waals surface area contributed by atoms with Crippen molar-refractivity contribution < 1.29 is 9.90 Å². The van der Waals surface area contributed by atoms with Crippen molar-refractivity contribution in [3.8, 4) is 6.07 Å². The summed E-state index contributed by atoms with van der Waals surface area (Å²) in [6.45, 7) is 2.83. The van der Waals surface area contributed by atoms with Crippen molar-refractivity contribution in [3.05, 3.63) is 28.8 Å². The maximum Gasteiger partial charge on any atom is 0.321 e. The molecular formula is C16H19ClN4O2. The molecule has 0 aliphatic carbocycles. The van der Waals surface area contributed by atoms with E-state index in [4.69, 9.17) is 16.9 Å². The zero-order valence-corrected chi connectivity index (χ0v) is 13.5. The van der Waals surface area contributed by atoms with Gasteiger partial charge < -0.3 is 15.3 Å². The van der Waals surface area contributed by atoms with Crippen LogP contribution in [0.1, 0.15) is 18.4 Å². The molecule has 0 spiro atoms. The van der Waals surface area contributed by atoms with Gasteiger partial charge in [-0.3, -0.25) is 4.90 Å². The number of β-amino-alcohol motifs (C(OH)–C–C–N with tert-alkyl or cyclic N) is 1. The number of halogens is 1. The van der Waals surface area contributed by atoms with Crippen LogP contribution >= 0.6 is 11.6 Å². The molecule has 122 valence electrons. The highest BCUT2D eigenvalue weighted by atomic mass is 35.5. The molecule has 23 heavy (non-hydrogen) atoms. The standard InChI is InChI=1S/C16H19ClN4O2/c17-13-7-12(4-3-11(13)8-18)19-16(23)21-9-14(15(22)10-21)20-5-1-2-6-20/h3-4,7,14-15,22H,1-2,5-6,9-10H2,(H,19,23)/t14-,15+/m1/s1. The van der Waals surface area contributed by atoms with Crippen molar-refractivity contribution >= 4 is 23.3 Å². The molecule has 2 heterocycles. The lowest BCUT2D eigenvalue weighted by Crippen LogP contribution is -2.41. The highest BCUT2D eigenvalue weighted by Gasteiger charge is 2.38. The average molecular weight is 335 g/mol. The van der Waals surface area contributed by atoms with Gasteiger partial charge >= 0.3 is 6.03 Å². The summed E-state index contributed by atoms with van der Waals surface area (Å²) in [6.07, 6.45) is 1.79. The Balaban J connectivity index is 1.62. The second kappa shape index (κ2) is 6.75. The van der Waals surface area contributed by atoms with Gasteiger partial charge in [-0.1, -0.05) is 11.6 Å². The Kier molecular flexibility index (Phi) is 4.71. The molecular weight excluding hydrogens is 316 g/mol. The lowest BCUT2D eigenvalue weighted by molar-refractivity contribution is 0.0980. The van der Waals surface area contributed by atoms with Gasteiger partial charge in [-0.25, -0.2) is 4.79 Å². The molecule has 2 atom stereocenters. The molecule has 7 heteroatoms. The number of carbonyl (C=O) groups is 1. The first-order valence-electron chi connectivity index (χ1n) is 7.76. The van der Waals surface area contributed by atoms with Gasteiger partial charge in [0.2, 0.25) is 0 Å². The van der Waals surface area contributed by atoms with Crippen LogP contribution in [0.4, 0.5) is 10.5 Å². The molecule has 2 N–H and O–H groups in total. The summed E-state index contributed by atoms with van der Waals surface area (Å²) in [5, 5.41) is 22.2. The van der Waals surface area contributed by atoms with Crippen molar-refractivity contribution in [2.45, 2.75) is 25.0 Å². The van der Waals surface area contributed by atoms with E-state index < -0.39 is 6.10 Å². The number of amides is 2. The second-order valence-electron chi connectivity index (χ2n) is 6.02. The maximum atomic E-state index is 12.4. The Labute approximate surface area is 140 Å². The van der Waals surface area contributed by atoms with Crippen LogP contribution in [-0.4, -0.2) is 59.3 Å². The normalized spacial score (nSPS) is 24.7. The smallest absolute Gasteiger partial charge is 0.321 e. The van der Waals surface area contributed by atoms with Gasteiger partial charge in [-0.15, -0.1) is 0 Å². The quantitative estimate of drug-likeness (QED) is 0.865. The molecule has 0 aromatic heterocycles. The van der Waals surface area contributed by atoms with E-state index in [0.29, 0.717) is 29.4 Å². The summed E-state index contributed by atoms with van der Waals surface area (Å²) < 4.78 is 0. The molecule has 3 rings (SSSR count). The summed E-state index contributed by atoms with van der Waals surface area (Å²) in [5.41, 5.74) is 0.911. The molecule has 0 bridgehead atoms. The van der Waals surface area contributed by atoms with Crippen LogP contribution in [0.2, 0.25) is 5.02 Å². The molecule has 2 aliphatic rings. The van der Waals surface area contributed by atoms with Gasteiger partial charge in [0.15, 0.2) is 0 Å². The molecule has 0 saturated carbocycles. The predicted octanol–water partition coefficient (Wildman–Crippen LogP) is 1.88. The lowest BCUT2D eigenvalue weighted by atomic mass is 10.2. The molecule has 0 radical (unpaired) electrons. The summed E-state index contributed by atoms with van der Waals surface area (Å²) in [6, 6.07) is 6.52. The first kappa shape index (κ1) is 16.1. The number of likely N-dealkylation sites (tertiary alicyclic amines) is 2. The zero-order valence-electron chi connectivity index (χ0n) is 12.7. The van der Waals surface area contributed by atoms with Crippen molar-refractivity contribution in [3.63, 3.8) is 0 Å². The molecule has 1 aromatic rings. The summed E-state index contributed by atoms with van der Waals surface area (Å²) in [7, 11) is 0. The number of nitriles is 1. The van der Waals surface area contributed by atoms with Crippen LogP contribution in [0.25, 0.3) is 0 Å². The number of aliphatic hydroxyl groups excluding tert-OH is 1. The van der Waals surface area contributed by atoms with Crippen LogP contribution in [0.15, 0.2) is 18.2 Å². The van der Waals surface area contributed by atoms with Crippen molar-refractivity contribution in [2.75, 3.05) is 31.5 Å². The topological polar surface area (TPSA) is 79.6 Å². The van der Waals surface area contributed by atoms with E-state index in [-0.39, 0.29) is 12.1 Å². The molecule has 1 aromatic carbocycles. The molecule has 6 nitrogen and oxygen atoms in total. The minimum Gasteiger partial charge on any atom is -0.390 e. The Morgan fingerprint density at radius 3 is 2.74 bits per heavy atom. The Bertz CT molecular complexity index is 639. The first-order chi connectivity index (χ1) is 11.1. The molecule has 2 fully saturated rings. The predicted molar refractivity (Wildman–Crippen MR) is 87.4 cm³/mol. The Morgan fingerprint density at radius 1 is 1.35 bits per heavy atom. The number of urea groups is 1. The van der Waals surface area contributed by atoms with Gasteiger partial charge in [0.05, 0.1) is 29.3 Å². The maximum absolute atomic E-state index is 12.4. The van der Waals surface area contributed by atoms with Crippen LogP contribution in [0, 0.1) is 11.3 Å². The van der Waals surface area contributed by atoms with E-state index in [9.17, 15) is 9.90 Å². The van der Waals surface area contributed by atoms with E-state index in [0.717, 1.165) is 25.9 Å². The summed E-state index contributed by atoms with van der Waals surface area (Å²) >= 11 is 5.97. The average Bonchev–Trinajstić information content (AvgIpc) is 3.16. The van der Waals surface area contributed by atoms with Gasteiger partial charge in [0.25, 0.3) is 0 Å².